The average molecular weight is 297 g/mol. The van der Waals surface area contributed by atoms with Gasteiger partial charge in [0, 0.05) is 24.0 Å². The van der Waals surface area contributed by atoms with Gasteiger partial charge in [-0.2, -0.15) is 0 Å². The predicted octanol–water partition coefficient (Wildman–Crippen LogP) is 2.07. The van der Waals surface area contributed by atoms with Crippen LogP contribution in [0.1, 0.15) is 42.4 Å². The second kappa shape index (κ2) is 6.69. The van der Waals surface area contributed by atoms with Crippen LogP contribution in [0.3, 0.4) is 0 Å². The molecule has 0 saturated heterocycles. The SMILES string of the molecule is Cc1csc(C(NC(=O)NCCCC(=O)O)C2CC2)n1. The van der Waals surface area contributed by atoms with Gasteiger partial charge in [0.05, 0.1) is 6.04 Å². The molecule has 0 bridgehead atoms. The van der Waals surface area contributed by atoms with E-state index in [0.29, 0.717) is 18.9 Å². The minimum absolute atomic E-state index is 0.0202. The Morgan fingerprint density at radius 3 is 2.85 bits per heavy atom. The van der Waals surface area contributed by atoms with Gasteiger partial charge in [-0.05, 0) is 32.1 Å². The molecule has 1 unspecified atom stereocenters. The van der Waals surface area contributed by atoms with Crippen molar-refractivity contribution in [2.24, 2.45) is 5.92 Å². The zero-order valence-corrected chi connectivity index (χ0v) is 12.2. The lowest BCUT2D eigenvalue weighted by Gasteiger charge is -2.16. The first kappa shape index (κ1) is 14.8. The highest BCUT2D eigenvalue weighted by Gasteiger charge is 2.35. The van der Waals surface area contributed by atoms with E-state index in [0.717, 1.165) is 23.5 Å². The number of rotatable bonds is 7. The molecule has 2 rings (SSSR count). The van der Waals surface area contributed by atoms with E-state index in [4.69, 9.17) is 5.11 Å². The second-order valence-corrected chi connectivity index (χ2v) is 5.93. The number of nitrogens with zero attached hydrogens (tertiary/aromatic N) is 1. The molecule has 1 aliphatic carbocycles. The van der Waals surface area contributed by atoms with Crippen molar-refractivity contribution in [1.29, 1.82) is 0 Å². The molecular formula is C13H19N3O3S. The molecule has 0 aromatic carbocycles. The highest BCUT2D eigenvalue weighted by molar-refractivity contribution is 7.09. The zero-order chi connectivity index (χ0) is 14.5. The van der Waals surface area contributed by atoms with Crippen LogP contribution in [-0.4, -0.2) is 28.6 Å². The third-order valence-corrected chi connectivity index (χ3v) is 4.18. The first-order valence-electron chi connectivity index (χ1n) is 6.74. The molecule has 6 nitrogen and oxygen atoms in total. The molecule has 3 N–H and O–H groups in total. The molecular weight excluding hydrogens is 278 g/mol. The first-order chi connectivity index (χ1) is 9.56. The highest BCUT2D eigenvalue weighted by atomic mass is 32.1. The Bertz CT molecular complexity index is 485. The summed E-state index contributed by atoms with van der Waals surface area (Å²) in [5.41, 5.74) is 0.972. The molecule has 1 fully saturated rings. The van der Waals surface area contributed by atoms with Crippen LogP contribution in [0.2, 0.25) is 0 Å². The lowest BCUT2D eigenvalue weighted by atomic mass is 10.2. The number of urea groups is 1. The Labute approximate surface area is 121 Å². The van der Waals surface area contributed by atoms with E-state index in [9.17, 15) is 9.59 Å². The number of nitrogens with one attached hydrogen (secondary N) is 2. The van der Waals surface area contributed by atoms with Gasteiger partial charge < -0.3 is 15.7 Å². The summed E-state index contributed by atoms with van der Waals surface area (Å²) in [7, 11) is 0. The van der Waals surface area contributed by atoms with E-state index < -0.39 is 5.97 Å². The maximum atomic E-state index is 11.8. The van der Waals surface area contributed by atoms with Crippen molar-refractivity contribution in [3.8, 4) is 0 Å². The predicted molar refractivity (Wildman–Crippen MR) is 75.7 cm³/mol. The molecule has 1 aromatic rings. The minimum atomic E-state index is -0.846. The standard InChI is InChI=1S/C13H19N3O3S/c1-8-7-20-12(15-8)11(9-4-5-9)16-13(19)14-6-2-3-10(17)18/h7,9,11H,2-6H2,1H3,(H,17,18)(H2,14,16,19). The van der Waals surface area contributed by atoms with Crippen molar-refractivity contribution >= 4 is 23.3 Å². The van der Waals surface area contributed by atoms with Crippen molar-refractivity contribution < 1.29 is 14.7 Å². The van der Waals surface area contributed by atoms with Crippen molar-refractivity contribution in [3.63, 3.8) is 0 Å². The zero-order valence-electron chi connectivity index (χ0n) is 11.4. The van der Waals surface area contributed by atoms with Gasteiger partial charge in [-0.25, -0.2) is 9.78 Å². The van der Waals surface area contributed by atoms with Gasteiger partial charge in [-0.15, -0.1) is 11.3 Å². The normalized spacial score (nSPS) is 15.7. The number of amides is 2. The number of aryl methyl sites for hydroxylation is 1. The van der Waals surface area contributed by atoms with E-state index in [2.05, 4.69) is 15.6 Å². The lowest BCUT2D eigenvalue weighted by Crippen LogP contribution is -2.39. The molecule has 1 aliphatic rings. The summed E-state index contributed by atoms with van der Waals surface area (Å²) in [6.07, 6.45) is 2.73. The van der Waals surface area contributed by atoms with Crippen molar-refractivity contribution in [1.82, 2.24) is 15.6 Å². The van der Waals surface area contributed by atoms with Crippen LogP contribution in [0.25, 0.3) is 0 Å². The maximum absolute atomic E-state index is 11.8. The summed E-state index contributed by atoms with van der Waals surface area (Å²) in [4.78, 5) is 26.6. The fraction of sp³-hybridized carbons (Fsp3) is 0.615. The minimum Gasteiger partial charge on any atom is -0.481 e. The van der Waals surface area contributed by atoms with E-state index in [1.54, 1.807) is 11.3 Å². The topological polar surface area (TPSA) is 91.3 Å². The summed E-state index contributed by atoms with van der Waals surface area (Å²) >= 11 is 1.57. The van der Waals surface area contributed by atoms with Crippen LogP contribution in [0.5, 0.6) is 0 Å². The Hall–Kier alpha value is -1.63. The van der Waals surface area contributed by atoms with Gasteiger partial charge in [-0.3, -0.25) is 4.79 Å². The lowest BCUT2D eigenvalue weighted by molar-refractivity contribution is -0.137. The smallest absolute Gasteiger partial charge is 0.315 e. The maximum Gasteiger partial charge on any atom is 0.315 e. The third-order valence-electron chi connectivity index (χ3n) is 3.14. The summed E-state index contributed by atoms with van der Waals surface area (Å²) in [5, 5.41) is 17.1. The number of carbonyl (C=O) groups is 2. The van der Waals surface area contributed by atoms with E-state index >= 15 is 0 Å². The number of thiazole rings is 1. The van der Waals surface area contributed by atoms with E-state index in [1.807, 2.05) is 12.3 Å². The van der Waals surface area contributed by atoms with Gasteiger partial charge in [0.2, 0.25) is 0 Å². The summed E-state index contributed by atoms with van der Waals surface area (Å²) < 4.78 is 0. The summed E-state index contributed by atoms with van der Waals surface area (Å²) in [6, 6.07) is -0.270. The Balaban J connectivity index is 1.80. The summed E-state index contributed by atoms with van der Waals surface area (Å²) in [5.74, 6) is -0.369. The number of aliphatic carboxylic acids is 1. The monoisotopic (exact) mass is 297 g/mol. The number of carbonyl (C=O) groups excluding carboxylic acids is 1. The van der Waals surface area contributed by atoms with Crippen LogP contribution >= 0.6 is 11.3 Å². The van der Waals surface area contributed by atoms with Crippen molar-refractivity contribution in [3.05, 3.63) is 16.1 Å². The van der Waals surface area contributed by atoms with Crippen LogP contribution in [-0.2, 0) is 4.79 Å². The van der Waals surface area contributed by atoms with Crippen LogP contribution in [0.15, 0.2) is 5.38 Å². The fourth-order valence-corrected chi connectivity index (χ4v) is 2.90. The van der Waals surface area contributed by atoms with Crippen LogP contribution < -0.4 is 10.6 Å². The summed E-state index contributed by atoms with van der Waals surface area (Å²) in [6.45, 7) is 2.31. The number of hydrogen-bond acceptors (Lipinski definition) is 4. The molecule has 7 heteroatoms. The number of aromatic nitrogens is 1. The second-order valence-electron chi connectivity index (χ2n) is 5.04. The molecule has 2 amide bonds. The van der Waals surface area contributed by atoms with Gasteiger partial charge in [0.15, 0.2) is 0 Å². The number of hydrogen-bond donors (Lipinski definition) is 3. The van der Waals surface area contributed by atoms with Gasteiger partial charge in [-0.1, -0.05) is 0 Å². The first-order valence-corrected chi connectivity index (χ1v) is 7.62. The van der Waals surface area contributed by atoms with Gasteiger partial charge >= 0.3 is 12.0 Å². The third kappa shape index (κ3) is 4.48. The van der Waals surface area contributed by atoms with E-state index in [-0.39, 0.29) is 18.5 Å². The Morgan fingerprint density at radius 2 is 2.30 bits per heavy atom. The number of carboxylic acids is 1. The number of carboxylic acid groups (broad SMARTS) is 1. The quantitative estimate of drug-likeness (QED) is 0.672. The molecule has 1 aromatic heterocycles. The molecule has 20 heavy (non-hydrogen) atoms. The van der Waals surface area contributed by atoms with Crippen molar-refractivity contribution in [2.75, 3.05) is 6.54 Å². The largest absolute Gasteiger partial charge is 0.481 e. The average Bonchev–Trinajstić information content (AvgIpc) is 3.14. The van der Waals surface area contributed by atoms with Gasteiger partial charge in [0.1, 0.15) is 5.01 Å². The molecule has 0 aliphatic heterocycles. The molecule has 110 valence electrons. The molecule has 0 spiro atoms. The highest BCUT2D eigenvalue weighted by Crippen LogP contribution is 2.41. The molecule has 0 radical (unpaired) electrons. The van der Waals surface area contributed by atoms with Crippen molar-refractivity contribution in [2.45, 2.75) is 38.6 Å². The van der Waals surface area contributed by atoms with Crippen LogP contribution in [0.4, 0.5) is 4.79 Å². The Morgan fingerprint density at radius 1 is 1.55 bits per heavy atom. The molecule has 1 saturated carbocycles. The van der Waals surface area contributed by atoms with Gasteiger partial charge in [0.25, 0.3) is 0 Å². The van der Waals surface area contributed by atoms with Crippen LogP contribution in [0, 0.1) is 12.8 Å². The Kier molecular flexibility index (Phi) is 4.94. The van der Waals surface area contributed by atoms with E-state index in [1.165, 1.54) is 0 Å². The molecule has 1 atom stereocenters. The molecule has 1 heterocycles. The fourth-order valence-electron chi connectivity index (χ4n) is 1.96.